The minimum atomic E-state index is -0.511. The van der Waals surface area contributed by atoms with Crippen LogP contribution in [0.3, 0.4) is 0 Å². The van der Waals surface area contributed by atoms with Gasteiger partial charge < -0.3 is 14.4 Å². The summed E-state index contributed by atoms with van der Waals surface area (Å²) in [5.41, 5.74) is 2.03. The van der Waals surface area contributed by atoms with Crippen molar-refractivity contribution in [2.24, 2.45) is 0 Å². The standard InChI is InChI=1S/C26H28FNO3/c1-4-19(2)28(26(29)22-12-8-9-13-23(22)27)17-21-14-15-24(25(16-21)30-3)31-18-20-10-6-5-7-11-20/h5-16,19H,4,17-18H2,1-3H3. The number of hydrogen-bond donors (Lipinski definition) is 0. The predicted molar refractivity (Wildman–Crippen MR) is 120 cm³/mol. The maximum atomic E-state index is 14.2. The van der Waals surface area contributed by atoms with E-state index in [1.54, 1.807) is 24.1 Å². The van der Waals surface area contributed by atoms with Gasteiger partial charge in [-0.3, -0.25) is 4.79 Å². The number of methoxy groups -OCH3 is 1. The van der Waals surface area contributed by atoms with Gasteiger partial charge in [-0.1, -0.05) is 55.5 Å². The first kappa shape index (κ1) is 22.3. The molecule has 0 N–H and O–H groups in total. The quantitative estimate of drug-likeness (QED) is 0.435. The first-order valence-corrected chi connectivity index (χ1v) is 10.4. The Morgan fingerprint density at radius 3 is 2.35 bits per heavy atom. The molecule has 31 heavy (non-hydrogen) atoms. The van der Waals surface area contributed by atoms with Gasteiger partial charge in [-0.2, -0.15) is 0 Å². The Kier molecular flexibility index (Phi) is 7.65. The SMILES string of the molecule is CCC(C)N(Cc1ccc(OCc2ccccc2)c(OC)c1)C(=O)c1ccccc1F. The molecule has 1 atom stereocenters. The zero-order chi connectivity index (χ0) is 22.2. The molecule has 1 amide bonds. The Hall–Kier alpha value is -3.34. The summed E-state index contributed by atoms with van der Waals surface area (Å²) in [4.78, 5) is 14.8. The van der Waals surface area contributed by atoms with Gasteiger partial charge in [0.15, 0.2) is 11.5 Å². The lowest BCUT2D eigenvalue weighted by molar-refractivity contribution is 0.0666. The van der Waals surface area contributed by atoms with Crippen molar-refractivity contribution in [3.8, 4) is 11.5 Å². The average Bonchev–Trinajstić information content (AvgIpc) is 2.81. The van der Waals surface area contributed by atoms with Crippen LogP contribution in [-0.4, -0.2) is 24.0 Å². The molecule has 0 aliphatic rings. The lowest BCUT2D eigenvalue weighted by atomic mass is 10.1. The van der Waals surface area contributed by atoms with Crippen molar-refractivity contribution in [2.45, 2.75) is 39.5 Å². The van der Waals surface area contributed by atoms with Crippen LogP contribution in [-0.2, 0) is 13.2 Å². The molecule has 0 saturated carbocycles. The van der Waals surface area contributed by atoms with Crippen LogP contribution in [0.2, 0.25) is 0 Å². The summed E-state index contributed by atoms with van der Waals surface area (Å²) in [5.74, 6) is 0.389. The highest BCUT2D eigenvalue weighted by molar-refractivity contribution is 5.94. The zero-order valence-corrected chi connectivity index (χ0v) is 18.2. The van der Waals surface area contributed by atoms with E-state index in [1.807, 2.05) is 62.4 Å². The van der Waals surface area contributed by atoms with E-state index >= 15 is 0 Å². The molecule has 162 valence electrons. The summed E-state index contributed by atoms with van der Waals surface area (Å²) in [7, 11) is 1.59. The largest absolute Gasteiger partial charge is 0.493 e. The molecular formula is C26H28FNO3. The van der Waals surface area contributed by atoms with Crippen molar-refractivity contribution in [1.29, 1.82) is 0 Å². The Morgan fingerprint density at radius 2 is 1.68 bits per heavy atom. The summed E-state index contributed by atoms with van der Waals surface area (Å²) in [5, 5.41) is 0. The van der Waals surface area contributed by atoms with Crippen LogP contribution in [0.15, 0.2) is 72.8 Å². The molecular weight excluding hydrogens is 393 g/mol. The topological polar surface area (TPSA) is 38.8 Å². The Balaban J connectivity index is 1.79. The molecule has 0 aromatic heterocycles. The molecule has 0 radical (unpaired) electrons. The smallest absolute Gasteiger partial charge is 0.257 e. The van der Waals surface area contributed by atoms with Crippen LogP contribution in [0.1, 0.15) is 41.8 Å². The second-order valence-corrected chi connectivity index (χ2v) is 7.43. The summed E-state index contributed by atoms with van der Waals surface area (Å²) in [6, 6.07) is 21.6. The highest BCUT2D eigenvalue weighted by atomic mass is 19.1. The van der Waals surface area contributed by atoms with Crippen LogP contribution in [0, 0.1) is 5.82 Å². The number of amides is 1. The molecule has 5 heteroatoms. The van der Waals surface area contributed by atoms with Crippen molar-refractivity contribution >= 4 is 5.91 Å². The van der Waals surface area contributed by atoms with Gasteiger partial charge in [-0.25, -0.2) is 4.39 Å². The van der Waals surface area contributed by atoms with Crippen molar-refractivity contribution < 1.29 is 18.7 Å². The highest BCUT2D eigenvalue weighted by Crippen LogP contribution is 2.30. The Labute approximate surface area is 183 Å². The Morgan fingerprint density at radius 1 is 0.968 bits per heavy atom. The molecule has 0 spiro atoms. The van der Waals surface area contributed by atoms with Crippen LogP contribution in [0.25, 0.3) is 0 Å². The number of ether oxygens (including phenoxy) is 2. The predicted octanol–water partition coefficient (Wildman–Crippen LogP) is 5.85. The molecule has 0 aliphatic heterocycles. The van der Waals surface area contributed by atoms with Gasteiger partial charge in [0.2, 0.25) is 0 Å². The van der Waals surface area contributed by atoms with Gasteiger partial charge in [-0.05, 0) is 48.7 Å². The van der Waals surface area contributed by atoms with E-state index in [4.69, 9.17) is 9.47 Å². The molecule has 1 unspecified atom stereocenters. The Bertz CT molecular complexity index is 1010. The van der Waals surface area contributed by atoms with Gasteiger partial charge in [0.05, 0.1) is 12.7 Å². The molecule has 3 rings (SSSR count). The third-order valence-corrected chi connectivity index (χ3v) is 5.31. The molecule has 0 aliphatic carbocycles. The lowest BCUT2D eigenvalue weighted by Crippen LogP contribution is -2.38. The van der Waals surface area contributed by atoms with E-state index in [9.17, 15) is 9.18 Å². The average molecular weight is 422 g/mol. The second-order valence-electron chi connectivity index (χ2n) is 7.43. The third kappa shape index (κ3) is 5.63. The van der Waals surface area contributed by atoms with Gasteiger partial charge in [0.1, 0.15) is 12.4 Å². The van der Waals surface area contributed by atoms with Crippen molar-refractivity contribution in [1.82, 2.24) is 4.90 Å². The maximum Gasteiger partial charge on any atom is 0.257 e. The van der Waals surface area contributed by atoms with E-state index in [-0.39, 0.29) is 17.5 Å². The monoisotopic (exact) mass is 421 g/mol. The number of rotatable bonds is 9. The first-order chi connectivity index (χ1) is 15.0. The third-order valence-electron chi connectivity index (χ3n) is 5.31. The van der Waals surface area contributed by atoms with E-state index in [1.165, 1.54) is 12.1 Å². The summed E-state index contributed by atoms with van der Waals surface area (Å²) >= 11 is 0. The van der Waals surface area contributed by atoms with Gasteiger partial charge in [0.25, 0.3) is 5.91 Å². The summed E-state index contributed by atoms with van der Waals surface area (Å²) in [6.07, 6.45) is 0.760. The molecule has 0 saturated heterocycles. The fraction of sp³-hybridized carbons (Fsp3) is 0.269. The van der Waals surface area contributed by atoms with Crippen LogP contribution < -0.4 is 9.47 Å². The first-order valence-electron chi connectivity index (χ1n) is 10.4. The summed E-state index contributed by atoms with van der Waals surface area (Å²) < 4.78 is 25.7. The number of halogens is 1. The van der Waals surface area contributed by atoms with Gasteiger partial charge in [0, 0.05) is 12.6 Å². The van der Waals surface area contributed by atoms with E-state index in [2.05, 4.69) is 0 Å². The molecule has 3 aromatic carbocycles. The summed E-state index contributed by atoms with van der Waals surface area (Å²) in [6.45, 7) is 4.75. The zero-order valence-electron chi connectivity index (χ0n) is 18.2. The number of nitrogens with zero attached hydrogens (tertiary/aromatic N) is 1. The van der Waals surface area contributed by atoms with Crippen molar-refractivity contribution in [2.75, 3.05) is 7.11 Å². The molecule has 3 aromatic rings. The van der Waals surface area contributed by atoms with Crippen LogP contribution in [0.4, 0.5) is 4.39 Å². The highest BCUT2D eigenvalue weighted by Gasteiger charge is 2.23. The normalized spacial score (nSPS) is 11.6. The van der Waals surface area contributed by atoms with Crippen LogP contribution in [0.5, 0.6) is 11.5 Å². The van der Waals surface area contributed by atoms with Crippen molar-refractivity contribution in [3.05, 3.63) is 95.3 Å². The van der Waals surface area contributed by atoms with Gasteiger partial charge >= 0.3 is 0 Å². The molecule has 0 bridgehead atoms. The minimum Gasteiger partial charge on any atom is -0.493 e. The van der Waals surface area contributed by atoms with Gasteiger partial charge in [-0.15, -0.1) is 0 Å². The minimum absolute atomic E-state index is 0.0490. The molecule has 0 fully saturated rings. The molecule has 4 nitrogen and oxygen atoms in total. The fourth-order valence-electron chi connectivity index (χ4n) is 3.30. The number of benzene rings is 3. The van der Waals surface area contributed by atoms with Crippen molar-refractivity contribution in [3.63, 3.8) is 0 Å². The molecule has 0 heterocycles. The maximum absolute atomic E-state index is 14.2. The lowest BCUT2D eigenvalue weighted by Gasteiger charge is -2.29. The second kappa shape index (κ2) is 10.6. The number of carbonyl (C=O) groups excluding carboxylic acids is 1. The fourth-order valence-corrected chi connectivity index (χ4v) is 3.30. The van der Waals surface area contributed by atoms with E-state index < -0.39 is 5.82 Å². The number of hydrogen-bond acceptors (Lipinski definition) is 3. The number of carbonyl (C=O) groups is 1. The van der Waals surface area contributed by atoms with Crippen LogP contribution >= 0.6 is 0 Å². The van der Waals surface area contributed by atoms with E-state index in [0.29, 0.717) is 24.7 Å². The van der Waals surface area contributed by atoms with E-state index in [0.717, 1.165) is 17.5 Å².